The van der Waals surface area contributed by atoms with Crippen molar-refractivity contribution in [1.82, 2.24) is 20.0 Å². The quantitative estimate of drug-likeness (QED) is 0.566. The van der Waals surface area contributed by atoms with Gasteiger partial charge in [0.2, 0.25) is 0 Å². The second-order valence-corrected chi connectivity index (χ2v) is 8.03. The highest BCUT2D eigenvalue weighted by Crippen LogP contribution is 2.33. The van der Waals surface area contributed by atoms with Gasteiger partial charge in [-0.3, -0.25) is 4.79 Å². The fourth-order valence-electron chi connectivity index (χ4n) is 4.02. The Hall–Kier alpha value is -3.50. The van der Waals surface area contributed by atoms with Crippen molar-refractivity contribution in [2.24, 2.45) is 0 Å². The van der Waals surface area contributed by atoms with Gasteiger partial charge in [-0.05, 0) is 62.9 Å². The van der Waals surface area contributed by atoms with Gasteiger partial charge in [0.1, 0.15) is 11.6 Å². The van der Waals surface area contributed by atoms with E-state index in [0.29, 0.717) is 10.7 Å². The molecule has 1 atom stereocenters. The zero-order valence-corrected chi connectivity index (χ0v) is 18.0. The van der Waals surface area contributed by atoms with Gasteiger partial charge in [0.25, 0.3) is 5.91 Å². The predicted molar refractivity (Wildman–Crippen MR) is 114 cm³/mol. The van der Waals surface area contributed by atoms with Gasteiger partial charge in [-0.1, -0.05) is 11.3 Å². The summed E-state index contributed by atoms with van der Waals surface area (Å²) in [6, 6.07) is 6.43. The molecule has 0 radical (unpaired) electrons. The van der Waals surface area contributed by atoms with Crippen LogP contribution in [0.2, 0.25) is 0 Å². The molecule has 7 nitrogen and oxygen atoms in total. The number of carbonyl (C=O) groups excluding carboxylic acids is 1. The Kier molecular flexibility index (Phi) is 6.05. The molecule has 1 fully saturated rings. The summed E-state index contributed by atoms with van der Waals surface area (Å²) in [5, 5.41) is 9.31. The summed E-state index contributed by atoms with van der Waals surface area (Å²) in [6.45, 7) is 4.83. The number of halogens is 4. The molecule has 0 aliphatic carbocycles. The highest BCUT2D eigenvalue weighted by Gasteiger charge is 2.42. The number of nitrogens with zero attached hydrogens (tertiary/aromatic N) is 5. The number of aromatic nitrogens is 4. The van der Waals surface area contributed by atoms with Crippen LogP contribution < -0.4 is 10.2 Å². The van der Waals surface area contributed by atoms with E-state index in [2.05, 4.69) is 32.4 Å². The monoisotopic (exact) mass is 462 g/mol. The fraction of sp³-hybridized carbons (Fsp3) is 0.364. The molecule has 1 aliphatic rings. The van der Waals surface area contributed by atoms with Crippen molar-refractivity contribution in [3.05, 3.63) is 59.3 Å². The van der Waals surface area contributed by atoms with Crippen LogP contribution >= 0.6 is 0 Å². The summed E-state index contributed by atoms with van der Waals surface area (Å²) in [7, 11) is 0. The zero-order valence-electron chi connectivity index (χ0n) is 18.0. The molecule has 0 saturated carbocycles. The minimum atomic E-state index is -4.95. The van der Waals surface area contributed by atoms with E-state index < -0.39 is 29.3 Å². The Morgan fingerprint density at radius 3 is 2.67 bits per heavy atom. The normalized spacial score (nSPS) is 16.7. The zero-order chi connectivity index (χ0) is 23.8. The van der Waals surface area contributed by atoms with Crippen LogP contribution in [0.5, 0.6) is 0 Å². The summed E-state index contributed by atoms with van der Waals surface area (Å²) >= 11 is 0. The third-order valence-corrected chi connectivity index (χ3v) is 5.59. The summed E-state index contributed by atoms with van der Waals surface area (Å²) in [5.74, 6) is -1.05. The Bertz CT molecular complexity index is 1180. The Labute approximate surface area is 187 Å². The van der Waals surface area contributed by atoms with Gasteiger partial charge >= 0.3 is 6.18 Å². The van der Waals surface area contributed by atoms with Crippen LogP contribution in [-0.4, -0.2) is 38.5 Å². The van der Waals surface area contributed by atoms with Crippen LogP contribution in [0.1, 0.15) is 47.9 Å². The molecular formula is C22H22F4N6O. The summed E-state index contributed by atoms with van der Waals surface area (Å²) in [5.41, 5.74) is -1.49. The smallest absolute Gasteiger partial charge is 0.354 e. The van der Waals surface area contributed by atoms with Crippen LogP contribution in [-0.2, 0) is 6.18 Å². The van der Waals surface area contributed by atoms with Gasteiger partial charge in [0.05, 0.1) is 17.6 Å². The van der Waals surface area contributed by atoms with E-state index in [-0.39, 0.29) is 11.4 Å². The van der Waals surface area contributed by atoms with Gasteiger partial charge in [-0.2, -0.15) is 13.2 Å². The molecule has 33 heavy (non-hydrogen) atoms. The van der Waals surface area contributed by atoms with Crippen molar-refractivity contribution >= 4 is 17.4 Å². The van der Waals surface area contributed by atoms with Crippen molar-refractivity contribution in [3.8, 4) is 5.69 Å². The number of benzene rings is 1. The highest BCUT2D eigenvalue weighted by atomic mass is 19.4. The molecule has 1 unspecified atom stereocenters. The van der Waals surface area contributed by atoms with Crippen molar-refractivity contribution in [2.45, 2.75) is 45.3 Å². The maximum Gasteiger partial charge on any atom is 0.435 e. The van der Waals surface area contributed by atoms with E-state index in [1.165, 1.54) is 18.3 Å². The standard InChI is InChI=1S/C22H22F4N6O/c1-13-10-16(12-27-20(13)31-9-4-3-6-14(31)2)28-21(33)18-19(22(24,25)26)32(30-29-18)17-8-5-7-15(23)11-17/h5,7-8,10-12,14H,3-4,6,9H2,1-2H3,(H,28,33). The second kappa shape index (κ2) is 8.80. The first-order chi connectivity index (χ1) is 15.6. The number of hydrogen-bond acceptors (Lipinski definition) is 5. The predicted octanol–water partition coefficient (Wildman–Crippen LogP) is 4.76. The topological polar surface area (TPSA) is 75.9 Å². The maximum atomic E-state index is 13.8. The molecular weight excluding hydrogens is 440 g/mol. The number of carbonyl (C=O) groups is 1. The van der Waals surface area contributed by atoms with Crippen molar-refractivity contribution in [1.29, 1.82) is 0 Å². The first-order valence-electron chi connectivity index (χ1n) is 10.5. The average Bonchev–Trinajstić information content (AvgIpc) is 3.21. The summed E-state index contributed by atoms with van der Waals surface area (Å²) < 4.78 is 55.3. The van der Waals surface area contributed by atoms with Crippen LogP contribution in [0.25, 0.3) is 5.69 Å². The van der Waals surface area contributed by atoms with Crippen molar-refractivity contribution in [3.63, 3.8) is 0 Å². The SMILES string of the molecule is Cc1cc(NC(=O)c2nnn(-c3cccc(F)c3)c2C(F)(F)F)cnc1N1CCCCC1C. The first kappa shape index (κ1) is 22.7. The molecule has 174 valence electrons. The summed E-state index contributed by atoms with van der Waals surface area (Å²) in [6.07, 6.45) is -0.272. The Morgan fingerprint density at radius 1 is 1.21 bits per heavy atom. The lowest BCUT2D eigenvalue weighted by Gasteiger charge is -2.35. The van der Waals surface area contributed by atoms with Gasteiger partial charge in [-0.15, -0.1) is 5.10 Å². The van der Waals surface area contributed by atoms with Crippen LogP contribution in [0.3, 0.4) is 0 Å². The number of hydrogen-bond donors (Lipinski definition) is 1. The molecule has 1 aromatic carbocycles. The van der Waals surface area contributed by atoms with E-state index in [0.717, 1.165) is 49.3 Å². The molecule has 0 bridgehead atoms. The highest BCUT2D eigenvalue weighted by molar-refractivity contribution is 6.03. The van der Waals surface area contributed by atoms with E-state index in [9.17, 15) is 22.4 Å². The number of anilines is 2. The lowest BCUT2D eigenvalue weighted by molar-refractivity contribution is -0.143. The molecule has 1 amide bonds. The average molecular weight is 462 g/mol. The van der Waals surface area contributed by atoms with Gasteiger partial charge in [0.15, 0.2) is 11.4 Å². The van der Waals surface area contributed by atoms with Crippen molar-refractivity contribution < 1.29 is 22.4 Å². The third kappa shape index (κ3) is 4.67. The largest absolute Gasteiger partial charge is 0.435 e. The van der Waals surface area contributed by atoms with E-state index in [1.807, 2.05) is 6.92 Å². The first-order valence-corrected chi connectivity index (χ1v) is 10.5. The van der Waals surface area contributed by atoms with E-state index >= 15 is 0 Å². The third-order valence-electron chi connectivity index (χ3n) is 5.59. The Balaban J connectivity index is 1.62. The van der Waals surface area contributed by atoms with Crippen LogP contribution in [0, 0.1) is 12.7 Å². The summed E-state index contributed by atoms with van der Waals surface area (Å²) in [4.78, 5) is 19.3. The molecule has 1 saturated heterocycles. The molecule has 4 rings (SSSR count). The lowest BCUT2D eigenvalue weighted by Crippen LogP contribution is -2.38. The molecule has 3 aromatic rings. The number of alkyl halides is 3. The second-order valence-electron chi connectivity index (χ2n) is 8.03. The lowest BCUT2D eigenvalue weighted by atomic mass is 10.0. The van der Waals surface area contributed by atoms with Crippen LogP contribution in [0.4, 0.5) is 29.1 Å². The number of pyridine rings is 1. The molecule has 1 aliphatic heterocycles. The van der Waals surface area contributed by atoms with E-state index in [4.69, 9.17) is 0 Å². The minimum absolute atomic E-state index is 0.202. The number of rotatable bonds is 4. The fourth-order valence-corrected chi connectivity index (χ4v) is 4.02. The van der Waals surface area contributed by atoms with Gasteiger partial charge < -0.3 is 10.2 Å². The molecule has 2 aromatic heterocycles. The number of piperidine rings is 1. The van der Waals surface area contributed by atoms with Gasteiger partial charge in [-0.25, -0.2) is 14.1 Å². The molecule has 0 spiro atoms. The molecule has 11 heteroatoms. The van der Waals surface area contributed by atoms with Crippen LogP contribution in [0.15, 0.2) is 36.5 Å². The van der Waals surface area contributed by atoms with Crippen molar-refractivity contribution in [2.75, 3.05) is 16.8 Å². The van der Waals surface area contributed by atoms with E-state index in [1.54, 1.807) is 6.07 Å². The maximum absolute atomic E-state index is 13.8. The molecule has 1 N–H and O–H groups in total. The number of amides is 1. The number of aryl methyl sites for hydroxylation is 1. The molecule has 3 heterocycles. The minimum Gasteiger partial charge on any atom is -0.354 e. The van der Waals surface area contributed by atoms with Gasteiger partial charge in [0, 0.05) is 12.6 Å². The Morgan fingerprint density at radius 2 is 2.00 bits per heavy atom. The number of nitrogens with one attached hydrogen (secondary N) is 1.